The van der Waals surface area contributed by atoms with Crippen molar-refractivity contribution in [1.29, 1.82) is 0 Å². The molecule has 1 unspecified atom stereocenters. The number of rotatable bonds is 2. The van der Waals surface area contributed by atoms with Gasteiger partial charge in [0.15, 0.2) is 0 Å². The number of hydrogen-bond donors (Lipinski definition) is 0. The Hall–Kier alpha value is -0.120. The van der Waals surface area contributed by atoms with Crippen molar-refractivity contribution in [3.05, 3.63) is 0 Å². The summed E-state index contributed by atoms with van der Waals surface area (Å²) in [5.41, 5.74) is 0. The first-order valence-electron chi connectivity index (χ1n) is 4.17. The van der Waals surface area contributed by atoms with Crippen molar-refractivity contribution in [3.8, 4) is 0 Å². The Morgan fingerprint density at radius 1 is 1.55 bits per heavy atom. The van der Waals surface area contributed by atoms with Crippen LogP contribution in [0.1, 0.15) is 6.92 Å². The molecule has 0 aromatic rings. The molecule has 0 bridgehead atoms. The molecule has 0 saturated carbocycles. The topological polar surface area (TPSA) is 15.7 Å². The van der Waals surface area contributed by atoms with E-state index in [1.54, 1.807) is 0 Å². The van der Waals surface area contributed by atoms with Crippen LogP contribution in [0.2, 0.25) is 0 Å². The minimum atomic E-state index is 0.406. The van der Waals surface area contributed by atoms with Gasteiger partial charge in [0.05, 0.1) is 19.4 Å². The zero-order chi connectivity index (χ0) is 8.27. The van der Waals surface area contributed by atoms with Gasteiger partial charge in [-0.3, -0.25) is 9.80 Å². The van der Waals surface area contributed by atoms with E-state index >= 15 is 0 Å². The zero-order valence-electron chi connectivity index (χ0n) is 7.71. The molecule has 1 aliphatic heterocycles. The van der Waals surface area contributed by atoms with Gasteiger partial charge in [-0.1, -0.05) is 0 Å². The summed E-state index contributed by atoms with van der Waals surface area (Å²) in [4.78, 5) is 4.60. The highest BCUT2D eigenvalue weighted by atomic mass is 16.5. The summed E-state index contributed by atoms with van der Waals surface area (Å²) in [6, 6.07) is 0. The molecule has 1 fully saturated rings. The van der Waals surface area contributed by atoms with Crippen LogP contribution < -0.4 is 0 Å². The molecule has 0 aromatic carbocycles. The highest BCUT2D eigenvalue weighted by molar-refractivity contribution is 4.66. The Morgan fingerprint density at radius 3 is 2.82 bits per heavy atom. The molecule has 0 N–H and O–H groups in total. The van der Waals surface area contributed by atoms with Crippen LogP contribution in [0.15, 0.2) is 0 Å². The van der Waals surface area contributed by atoms with Gasteiger partial charge in [-0.05, 0) is 21.0 Å². The zero-order valence-corrected chi connectivity index (χ0v) is 7.71. The Labute approximate surface area is 68.9 Å². The predicted molar refractivity (Wildman–Crippen MR) is 45.5 cm³/mol. The Balaban J connectivity index is 2.23. The SMILES string of the molecule is CC1CN(CN(C)C)CCO1. The highest BCUT2D eigenvalue weighted by Gasteiger charge is 2.16. The Kier molecular flexibility index (Phi) is 3.30. The lowest BCUT2D eigenvalue weighted by Gasteiger charge is -2.32. The van der Waals surface area contributed by atoms with Gasteiger partial charge in [0, 0.05) is 13.1 Å². The quantitative estimate of drug-likeness (QED) is 0.572. The molecule has 1 aliphatic rings. The molecular formula is C8H18N2O. The normalized spacial score (nSPS) is 27.8. The molecule has 66 valence electrons. The van der Waals surface area contributed by atoms with Crippen molar-refractivity contribution in [2.24, 2.45) is 0 Å². The Bertz CT molecular complexity index is 115. The van der Waals surface area contributed by atoms with E-state index in [1.165, 1.54) is 0 Å². The van der Waals surface area contributed by atoms with Crippen LogP contribution in [0.4, 0.5) is 0 Å². The highest BCUT2D eigenvalue weighted by Crippen LogP contribution is 2.03. The molecule has 0 radical (unpaired) electrons. The molecule has 1 rings (SSSR count). The fraction of sp³-hybridized carbons (Fsp3) is 1.00. The molecule has 1 heterocycles. The van der Waals surface area contributed by atoms with Crippen LogP contribution in [0.25, 0.3) is 0 Å². The first kappa shape index (κ1) is 8.97. The van der Waals surface area contributed by atoms with Crippen LogP contribution in [-0.2, 0) is 4.74 Å². The largest absolute Gasteiger partial charge is 0.376 e. The molecule has 3 heteroatoms. The van der Waals surface area contributed by atoms with E-state index in [2.05, 4.69) is 30.8 Å². The van der Waals surface area contributed by atoms with E-state index in [9.17, 15) is 0 Å². The minimum Gasteiger partial charge on any atom is -0.376 e. The lowest BCUT2D eigenvalue weighted by atomic mass is 10.3. The number of morpholine rings is 1. The summed E-state index contributed by atoms with van der Waals surface area (Å²) in [6.07, 6.45) is 0.406. The molecule has 3 nitrogen and oxygen atoms in total. The van der Waals surface area contributed by atoms with Crippen molar-refractivity contribution in [2.75, 3.05) is 40.5 Å². The van der Waals surface area contributed by atoms with Gasteiger partial charge >= 0.3 is 0 Å². The lowest BCUT2D eigenvalue weighted by molar-refractivity contribution is -0.0311. The predicted octanol–water partition coefficient (Wildman–Crippen LogP) is 0.226. The van der Waals surface area contributed by atoms with Gasteiger partial charge in [-0.15, -0.1) is 0 Å². The molecule has 0 amide bonds. The van der Waals surface area contributed by atoms with E-state index in [-0.39, 0.29) is 0 Å². The maximum Gasteiger partial charge on any atom is 0.0675 e. The van der Waals surface area contributed by atoms with Crippen LogP contribution >= 0.6 is 0 Å². The van der Waals surface area contributed by atoms with Crippen LogP contribution in [0, 0.1) is 0 Å². The van der Waals surface area contributed by atoms with Crippen molar-refractivity contribution in [1.82, 2.24) is 9.80 Å². The summed E-state index contributed by atoms with van der Waals surface area (Å²) in [7, 11) is 4.19. The second-order valence-corrected chi connectivity index (χ2v) is 3.48. The van der Waals surface area contributed by atoms with E-state index in [4.69, 9.17) is 4.74 Å². The fourth-order valence-corrected chi connectivity index (χ4v) is 1.42. The summed E-state index contributed by atoms with van der Waals surface area (Å²) in [5.74, 6) is 0. The number of nitrogens with zero attached hydrogens (tertiary/aromatic N) is 2. The first-order chi connectivity index (χ1) is 5.18. The van der Waals surface area contributed by atoms with Crippen molar-refractivity contribution >= 4 is 0 Å². The van der Waals surface area contributed by atoms with Gasteiger partial charge in [-0.25, -0.2) is 0 Å². The number of hydrogen-bond acceptors (Lipinski definition) is 3. The van der Waals surface area contributed by atoms with Gasteiger partial charge in [0.1, 0.15) is 0 Å². The molecule has 1 atom stereocenters. The standard InChI is InChI=1S/C8H18N2O/c1-8-6-10(4-5-11-8)7-9(2)3/h8H,4-7H2,1-3H3. The smallest absolute Gasteiger partial charge is 0.0675 e. The maximum absolute atomic E-state index is 5.43. The third-order valence-electron chi connectivity index (χ3n) is 1.81. The minimum absolute atomic E-state index is 0.406. The van der Waals surface area contributed by atoms with E-state index < -0.39 is 0 Å². The second kappa shape index (κ2) is 4.04. The van der Waals surface area contributed by atoms with Crippen LogP contribution in [-0.4, -0.2) is 56.4 Å². The third kappa shape index (κ3) is 3.18. The van der Waals surface area contributed by atoms with Crippen molar-refractivity contribution in [3.63, 3.8) is 0 Å². The maximum atomic E-state index is 5.43. The van der Waals surface area contributed by atoms with Gasteiger partial charge < -0.3 is 4.74 Å². The summed E-state index contributed by atoms with van der Waals surface area (Å²) in [5, 5.41) is 0. The molecule has 0 aromatic heterocycles. The van der Waals surface area contributed by atoms with E-state index in [0.29, 0.717) is 6.10 Å². The summed E-state index contributed by atoms with van der Waals surface area (Å²) in [6.45, 7) is 6.20. The lowest BCUT2D eigenvalue weighted by Crippen LogP contribution is -2.44. The summed E-state index contributed by atoms with van der Waals surface area (Å²) < 4.78 is 5.43. The number of ether oxygens (including phenoxy) is 1. The van der Waals surface area contributed by atoms with Gasteiger partial charge in [0.2, 0.25) is 0 Å². The first-order valence-corrected chi connectivity index (χ1v) is 4.17. The van der Waals surface area contributed by atoms with Gasteiger partial charge in [-0.2, -0.15) is 0 Å². The third-order valence-corrected chi connectivity index (χ3v) is 1.81. The van der Waals surface area contributed by atoms with Crippen LogP contribution in [0.5, 0.6) is 0 Å². The molecule has 11 heavy (non-hydrogen) atoms. The molecule has 1 saturated heterocycles. The molecular weight excluding hydrogens is 140 g/mol. The second-order valence-electron chi connectivity index (χ2n) is 3.48. The monoisotopic (exact) mass is 158 g/mol. The Morgan fingerprint density at radius 2 is 2.27 bits per heavy atom. The average molecular weight is 158 g/mol. The van der Waals surface area contributed by atoms with Crippen molar-refractivity contribution < 1.29 is 4.74 Å². The van der Waals surface area contributed by atoms with E-state index in [0.717, 1.165) is 26.4 Å². The van der Waals surface area contributed by atoms with Gasteiger partial charge in [0.25, 0.3) is 0 Å². The van der Waals surface area contributed by atoms with Crippen LogP contribution in [0.3, 0.4) is 0 Å². The molecule has 0 spiro atoms. The molecule has 0 aliphatic carbocycles. The summed E-state index contributed by atoms with van der Waals surface area (Å²) >= 11 is 0. The average Bonchev–Trinajstić information content (AvgIpc) is 1.85. The van der Waals surface area contributed by atoms with Crippen molar-refractivity contribution in [2.45, 2.75) is 13.0 Å². The fourth-order valence-electron chi connectivity index (χ4n) is 1.42. The van der Waals surface area contributed by atoms with E-state index in [1.807, 2.05) is 0 Å².